The molecule has 1 aliphatic heterocycles. The molecular weight excluding hydrogens is 342 g/mol. The summed E-state index contributed by atoms with van der Waals surface area (Å²) < 4.78 is 33.6. The normalized spacial score (nSPS) is 17.4. The highest BCUT2D eigenvalue weighted by Crippen LogP contribution is 2.23. The van der Waals surface area contributed by atoms with Gasteiger partial charge in [0, 0.05) is 26.1 Å². The van der Waals surface area contributed by atoms with Crippen molar-refractivity contribution in [3.8, 4) is 0 Å². The lowest BCUT2D eigenvalue weighted by molar-refractivity contribution is 0.247. The zero-order valence-corrected chi connectivity index (χ0v) is 15.7. The van der Waals surface area contributed by atoms with Gasteiger partial charge in [0.25, 0.3) is 0 Å². The van der Waals surface area contributed by atoms with Gasteiger partial charge in [0.05, 0.1) is 25.1 Å². The maximum Gasteiger partial charge on any atom is 0.209 e. The van der Waals surface area contributed by atoms with Crippen molar-refractivity contribution in [3.63, 3.8) is 0 Å². The van der Waals surface area contributed by atoms with Gasteiger partial charge >= 0.3 is 0 Å². The number of aromatic nitrogens is 3. The number of hydrogen-bond acceptors (Lipinski definition) is 6. The van der Waals surface area contributed by atoms with Crippen LogP contribution < -0.4 is 4.72 Å². The molecule has 8 nitrogen and oxygen atoms in total. The summed E-state index contributed by atoms with van der Waals surface area (Å²) in [6.07, 6.45) is 3.63. The molecule has 25 heavy (non-hydrogen) atoms. The molecule has 0 fully saturated rings. The molecule has 1 atom stereocenters. The number of sulfonamides is 1. The first-order valence-electron chi connectivity index (χ1n) is 8.47. The van der Waals surface area contributed by atoms with E-state index in [-0.39, 0.29) is 12.0 Å². The summed E-state index contributed by atoms with van der Waals surface area (Å²) in [4.78, 5) is 2.31. The molecule has 1 aliphatic rings. The number of rotatable bonds is 6. The second kappa shape index (κ2) is 7.27. The van der Waals surface area contributed by atoms with Gasteiger partial charge in [-0.05, 0) is 18.1 Å². The summed E-state index contributed by atoms with van der Waals surface area (Å²) >= 11 is 0. The van der Waals surface area contributed by atoms with E-state index in [1.165, 1.54) is 6.26 Å². The summed E-state index contributed by atoms with van der Waals surface area (Å²) in [6, 6.07) is 3.49. The molecule has 0 aromatic carbocycles. The van der Waals surface area contributed by atoms with E-state index >= 15 is 0 Å². The molecule has 9 heteroatoms. The van der Waals surface area contributed by atoms with Crippen molar-refractivity contribution in [2.45, 2.75) is 39.4 Å². The van der Waals surface area contributed by atoms with Gasteiger partial charge in [-0.25, -0.2) is 13.1 Å². The zero-order valence-electron chi connectivity index (χ0n) is 14.8. The lowest BCUT2D eigenvalue weighted by Gasteiger charge is -2.22. The van der Waals surface area contributed by atoms with E-state index in [1.54, 1.807) is 6.26 Å². The second-order valence-electron chi connectivity index (χ2n) is 6.84. The first-order chi connectivity index (χ1) is 11.8. The Morgan fingerprint density at radius 3 is 2.72 bits per heavy atom. The fraction of sp³-hybridized carbons (Fsp3) is 0.625. The van der Waals surface area contributed by atoms with Crippen LogP contribution in [0.3, 0.4) is 0 Å². The Morgan fingerprint density at radius 1 is 1.28 bits per heavy atom. The van der Waals surface area contributed by atoms with Gasteiger partial charge < -0.3 is 8.98 Å². The van der Waals surface area contributed by atoms with Crippen LogP contribution in [0.15, 0.2) is 22.8 Å². The molecule has 0 radical (unpaired) electrons. The molecule has 3 heterocycles. The average Bonchev–Trinajstić information content (AvgIpc) is 3.12. The number of nitrogens with zero attached hydrogens (tertiary/aromatic N) is 4. The highest BCUT2D eigenvalue weighted by atomic mass is 32.2. The molecule has 3 rings (SSSR count). The van der Waals surface area contributed by atoms with E-state index in [4.69, 9.17) is 4.42 Å². The van der Waals surface area contributed by atoms with Gasteiger partial charge in [-0.3, -0.25) is 4.90 Å². The molecule has 0 spiro atoms. The molecule has 2 aromatic rings. The Labute approximate surface area is 148 Å². The highest BCUT2D eigenvalue weighted by molar-refractivity contribution is 7.88. The van der Waals surface area contributed by atoms with Crippen molar-refractivity contribution in [1.29, 1.82) is 0 Å². The lowest BCUT2D eigenvalue weighted by Crippen LogP contribution is -2.33. The topological polar surface area (TPSA) is 93.3 Å². The van der Waals surface area contributed by atoms with Gasteiger partial charge in [0.1, 0.15) is 11.6 Å². The third-order valence-corrected chi connectivity index (χ3v) is 5.07. The Hall–Kier alpha value is -1.71. The summed E-state index contributed by atoms with van der Waals surface area (Å²) in [5.74, 6) is 2.61. The van der Waals surface area contributed by atoms with E-state index in [2.05, 4.69) is 24.4 Å². The van der Waals surface area contributed by atoms with E-state index in [0.717, 1.165) is 44.2 Å². The molecule has 1 N–H and O–H groups in total. The van der Waals surface area contributed by atoms with Crippen LogP contribution in [0.25, 0.3) is 0 Å². The predicted molar refractivity (Wildman–Crippen MR) is 93.3 cm³/mol. The van der Waals surface area contributed by atoms with Crippen molar-refractivity contribution in [2.24, 2.45) is 5.92 Å². The minimum atomic E-state index is -3.33. The van der Waals surface area contributed by atoms with Crippen LogP contribution in [0.5, 0.6) is 0 Å². The summed E-state index contributed by atoms with van der Waals surface area (Å²) in [7, 11) is -3.33. The summed E-state index contributed by atoms with van der Waals surface area (Å²) in [5, 5.41) is 8.60. The van der Waals surface area contributed by atoms with E-state index < -0.39 is 10.0 Å². The minimum absolute atomic E-state index is 0.0745. The SMILES string of the molecule is CC(C)C(NS(C)(=O)=O)c1nnc2n1CCN(Cc1ccco1)CC2. The van der Waals surface area contributed by atoms with Crippen molar-refractivity contribution in [3.05, 3.63) is 35.8 Å². The Kier molecular flexibility index (Phi) is 5.26. The van der Waals surface area contributed by atoms with E-state index in [9.17, 15) is 8.42 Å². The minimum Gasteiger partial charge on any atom is -0.468 e. The summed E-state index contributed by atoms with van der Waals surface area (Å²) in [5.41, 5.74) is 0. The van der Waals surface area contributed by atoms with Gasteiger partial charge in [0.15, 0.2) is 5.82 Å². The fourth-order valence-electron chi connectivity index (χ4n) is 3.12. The van der Waals surface area contributed by atoms with Crippen LogP contribution in [0.4, 0.5) is 0 Å². The van der Waals surface area contributed by atoms with Gasteiger partial charge in [0.2, 0.25) is 10.0 Å². The van der Waals surface area contributed by atoms with Crippen molar-refractivity contribution >= 4 is 10.0 Å². The van der Waals surface area contributed by atoms with Crippen molar-refractivity contribution in [1.82, 2.24) is 24.4 Å². The van der Waals surface area contributed by atoms with Crippen molar-refractivity contribution in [2.75, 3.05) is 19.3 Å². The largest absolute Gasteiger partial charge is 0.468 e. The maximum absolute atomic E-state index is 11.7. The quantitative estimate of drug-likeness (QED) is 0.824. The number of fused-ring (bicyclic) bond motifs is 1. The number of hydrogen-bond donors (Lipinski definition) is 1. The molecule has 1 unspecified atom stereocenters. The van der Waals surface area contributed by atoms with Crippen LogP contribution in [0.2, 0.25) is 0 Å². The molecule has 0 saturated heterocycles. The zero-order chi connectivity index (χ0) is 18.0. The monoisotopic (exact) mass is 367 g/mol. The summed E-state index contributed by atoms with van der Waals surface area (Å²) in [6.45, 7) is 7.14. The van der Waals surface area contributed by atoms with Crippen LogP contribution in [-0.2, 0) is 29.5 Å². The molecular formula is C16H25N5O3S. The van der Waals surface area contributed by atoms with Gasteiger partial charge in [-0.2, -0.15) is 0 Å². The van der Waals surface area contributed by atoms with Crippen LogP contribution in [0.1, 0.15) is 37.3 Å². The van der Waals surface area contributed by atoms with Crippen molar-refractivity contribution < 1.29 is 12.8 Å². The number of nitrogens with one attached hydrogen (secondary N) is 1. The lowest BCUT2D eigenvalue weighted by atomic mass is 10.1. The van der Waals surface area contributed by atoms with E-state index in [1.807, 2.05) is 26.0 Å². The molecule has 0 saturated carbocycles. The predicted octanol–water partition coefficient (Wildman–Crippen LogP) is 1.18. The Balaban J connectivity index is 1.77. The smallest absolute Gasteiger partial charge is 0.209 e. The van der Waals surface area contributed by atoms with Gasteiger partial charge in [-0.1, -0.05) is 13.8 Å². The first-order valence-corrected chi connectivity index (χ1v) is 10.4. The maximum atomic E-state index is 11.7. The standard InChI is InChI=1S/C16H25N5O3S/c1-12(2)15(19-25(3,22)23)16-18-17-14-6-7-20(8-9-21(14)16)11-13-5-4-10-24-13/h4-5,10,12,15,19H,6-9,11H2,1-3H3. The van der Waals surface area contributed by atoms with Crippen LogP contribution >= 0.6 is 0 Å². The van der Waals surface area contributed by atoms with E-state index in [0.29, 0.717) is 5.82 Å². The Morgan fingerprint density at radius 2 is 2.08 bits per heavy atom. The highest BCUT2D eigenvalue weighted by Gasteiger charge is 2.28. The third kappa shape index (κ3) is 4.47. The first kappa shape index (κ1) is 18.1. The molecule has 0 amide bonds. The molecule has 0 bridgehead atoms. The number of furan rings is 1. The second-order valence-corrected chi connectivity index (χ2v) is 8.62. The molecule has 138 valence electrons. The average molecular weight is 367 g/mol. The van der Waals surface area contributed by atoms with Gasteiger partial charge in [-0.15, -0.1) is 10.2 Å². The molecule has 2 aromatic heterocycles. The Bertz CT molecular complexity index is 798. The van der Waals surface area contributed by atoms with Crippen LogP contribution in [0, 0.1) is 5.92 Å². The fourth-order valence-corrected chi connectivity index (χ4v) is 3.96. The molecule has 0 aliphatic carbocycles. The van der Waals surface area contributed by atoms with Crippen LogP contribution in [-0.4, -0.2) is 47.4 Å². The third-order valence-electron chi connectivity index (χ3n) is 4.39.